The molecule has 34 heavy (non-hydrogen) atoms. The fourth-order valence-corrected chi connectivity index (χ4v) is 4.42. The van der Waals surface area contributed by atoms with Gasteiger partial charge in [-0.25, -0.2) is 0 Å². The number of carbonyl (C=O) groups is 2. The summed E-state index contributed by atoms with van der Waals surface area (Å²) in [5.41, 5.74) is 2.93. The summed E-state index contributed by atoms with van der Waals surface area (Å²) in [6.45, 7) is 8.59. The second kappa shape index (κ2) is 10.1. The number of halogens is 1. The Morgan fingerprint density at radius 3 is 2.59 bits per heavy atom. The van der Waals surface area contributed by atoms with Crippen LogP contribution in [0.15, 0.2) is 54.7 Å². The third-order valence-electron chi connectivity index (χ3n) is 5.96. The molecule has 0 unspecified atom stereocenters. The normalized spacial score (nSPS) is 15.3. The van der Waals surface area contributed by atoms with E-state index in [1.807, 2.05) is 51.1 Å². The highest BCUT2D eigenvalue weighted by molar-refractivity contribution is 6.31. The Hall–Kier alpha value is -2.96. The van der Waals surface area contributed by atoms with Crippen LogP contribution in [0.25, 0.3) is 10.9 Å². The van der Waals surface area contributed by atoms with Crippen LogP contribution in [-0.4, -0.2) is 40.3 Å². The topological polar surface area (TPSA) is 74.3 Å². The Morgan fingerprint density at radius 2 is 1.85 bits per heavy atom. The molecule has 1 aliphatic heterocycles. The van der Waals surface area contributed by atoms with Gasteiger partial charge in [-0.05, 0) is 82.6 Å². The van der Waals surface area contributed by atoms with Gasteiger partial charge in [-0.1, -0.05) is 29.8 Å². The van der Waals surface area contributed by atoms with Gasteiger partial charge >= 0.3 is 0 Å². The largest absolute Gasteiger partial charge is 0.351 e. The third-order valence-corrected chi connectivity index (χ3v) is 6.19. The zero-order valence-electron chi connectivity index (χ0n) is 19.9. The number of benzene rings is 2. The average Bonchev–Trinajstić information content (AvgIpc) is 2.78. The van der Waals surface area contributed by atoms with Crippen molar-refractivity contribution < 1.29 is 9.59 Å². The van der Waals surface area contributed by atoms with Gasteiger partial charge in [0.05, 0.1) is 11.1 Å². The Balaban J connectivity index is 1.34. The lowest BCUT2D eigenvalue weighted by atomic mass is 9.94. The minimum Gasteiger partial charge on any atom is -0.351 e. The van der Waals surface area contributed by atoms with Crippen LogP contribution < -0.4 is 10.6 Å². The van der Waals surface area contributed by atoms with E-state index in [4.69, 9.17) is 11.6 Å². The zero-order valence-corrected chi connectivity index (χ0v) is 20.7. The van der Waals surface area contributed by atoms with Gasteiger partial charge in [0.2, 0.25) is 5.91 Å². The molecule has 0 aliphatic carbocycles. The Kier molecular flexibility index (Phi) is 7.19. The number of hydrogen-bond donors (Lipinski definition) is 2. The Morgan fingerprint density at radius 1 is 1.09 bits per heavy atom. The molecule has 6 nitrogen and oxygen atoms in total. The van der Waals surface area contributed by atoms with Gasteiger partial charge in [0.15, 0.2) is 0 Å². The van der Waals surface area contributed by atoms with Gasteiger partial charge < -0.3 is 10.6 Å². The van der Waals surface area contributed by atoms with Gasteiger partial charge in [0.25, 0.3) is 5.91 Å². The summed E-state index contributed by atoms with van der Waals surface area (Å²) in [6, 6.07) is 15.2. The van der Waals surface area contributed by atoms with Crippen LogP contribution in [0.1, 0.15) is 49.5 Å². The van der Waals surface area contributed by atoms with Crippen molar-refractivity contribution in [3.05, 3.63) is 70.9 Å². The van der Waals surface area contributed by atoms with Crippen molar-refractivity contribution in [2.45, 2.75) is 45.7 Å². The van der Waals surface area contributed by atoms with Crippen molar-refractivity contribution in [3.8, 4) is 0 Å². The van der Waals surface area contributed by atoms with E-state index in [0.29, 0.717) is 10.6 Å². The predicted octanol–water partition coefficient (Wildman–Crippen LogP) is 5.27. The first kappa shape index (κ1) is 24.2. The first-order chi connectivity index (χ1) is 16.2. The van der Waals surface area contributed by atoms with E-state index in [0.717, 1.165) is 54.6 Å². The number of nitrogens with zero attached hydrogens (tertiary/aromatic N) is 2. The number of aromatic nitrogens is 1. The summed E-state index contributed by atoms with van der Waals surface area (Å²) in [4.78, 5) is 32.0. The van der Waals surface area contributed by atoms with Crippen LogP contribution in [0, 0.1) is 5.92 Å². The van der Waals surface area contributed by atoms with E-state index in [2.05, 4.69) is 26.6 Å². The molecule has 2 N–H and O–H groups in total. The van der Waals surface area contributed by atoms with Gasteiger partial charge in [-0.15, -0.1) is 0 Å². The standard InChI is InChI=1S/C27H31ClN4O2/c1-27(2,3)31-26(34)19-9-11-32(12-10-19)17-18-5-4-6-23(13-18)30-25(33)21-14-20-7-8-22(28)15-24(20)29-16-21/h4-8,13-16,19H,9-12,17H2,1-3H3,(H,30,33)(H,31,34). The molecule has 1 fully saturated rings. The molecule has 2 amide bonds. The van der Waals surface area contributed by atoms with Crippen LogP contribution in [0.4, 0.5) is 5.69 Å². The van der Waals surface area contributed by atoms with E-state index in [9.17, 15) is 9.59 Å². The average molecular weight is 479 g/mol. The summed E-state index contributed by atoms with van der Waals surface area (Å²) >= 11 is 6.02. The Bertz CT molecular complexity index is 1200. The van der Waals surface area contributed by atoms with Crippen molar-refractivity contribution in [1.82, 2.24) is 15.2 Å². The number of hydrogen-bond acceptors (Lipinski definition) is 4. The van der Waals surface area contributed by atoms with Crippen LogP contribution in [-0.2, 0) is 11.3 Å². The van der Waals surface area contributed by atoms with Crippen molar-refractivity contribution >= 4 is 40.0 Å². The maximum absolute atomic E-state index is 12.8. The zero-order chi connectivity index (χ0) is 24.3. The van der Waals surface area contributed by atoms with Gasteiger partial charge in [0.1, 0.15) is 0 Å². The number of nitrogens with one attached hydrogen (secondary N) is 2. The smallest absolute Gasteiger partial charge is 0.257 e. The van der Waals surface area contributed by atoms with Crippen LogP contribution in [0.3, 0.4) is 0 Å². The van der Waals surface area contributed by atoms with E-state index >= 15 is 0 Å². The third kappa shape index (κ3) is 6.33. The minimum absolute atomic E-state index is 0.0766. The quantitative estimate of drug-likeness (QED) is 0.524. The molecule has 0 atom stereocenters. The van der Waals surface area contributed by atoms with E-state index in [-0.39, 0.29) is 23.3 Å². The molecule has 0 bridgehead atoms. The lowest BCUT2D eigenvalue weighted by Crippen LogP contribution is -2.46. The molecule has 4 rings (SSSR count). The fourth-order valence-electron chi connectivity index (χ4n) is 4.25. The molecule has 1 aromatic heterocycles. The molecule has 1 saturated heterocycles. The second-order valence-electron chi connectivity index (χ2n) is 10.0. The van der Waals surface area contributed by atoms with Crippen molar-refractivity contribution in [2.75, 3.05) is 18.4 Å². The van der Waals surface area contributed by atoms with Crippen LogP contribution in [0.5, 0.6) is 0 Å². The molecule has 0 spiro atoms. The summed E-state index contributed by atoms with van der Waals surface area (Å²) in [5, 5.41) is 7.56. The number of amides is 2. The second-order valence-corrected chi connectivity index (χ2v) is 10.4. The summed E-state index contributed by atoms with van der Waals surface area (Å²) < 4.78 is 0. The molecular formula is C27H31ClN4O2. The lowest BCUT2D eigenvalue weighted by molar-refractivity contribution is -0.127. The monoisotopic (exact) mass is 478 g/mol. The maximum atomic E-state index is 12.8. The molecule has 7 heteroatoms. The molecule has 178 valence electrons. The number of anilines is 1. The minimum atomic E-state index is -0.202. The molecular weight excluding hydrogens is 448 g/mol. The highest BCUT2D eigenvalue weighted by atomic mass is 35.5. The van der Waals surface area contributed by atoms with Crippen molar-refractivity contribution in [1.29, 1.82) is 0 Å². The van der Waals surface area contributed by atoms with Gasteiger partial charge in [-0.2, -0.15) is 0 Å². The number of carbonyl (C=O) groups excluding carboxylic acids is 2. The number of pyridine rings is 1. The van der Waals surface area contributed by atoms with Crippen LogP contribution >= 0.6 is 11.6 Å². The molecule has 2 aromatic carbocycles. The predicted molar refractivity (Wildman–Crippen MR) is 137 cm³/mol. The molecule has 0 saturated carbocycles. The highest BCUT2D eigenvalue weighted by Gasteiger charge is 2.27. The van der Waals surface area contributed by atoms with E-state index < -0.39 is 0 Å². The van der Waals surface area contributed by atoms with Crippen LogP contribution in [0.2, 0.25) is 5.02 Å². The number of fused-ring (bicyclic) bond motifs is 1. The van der Waals surface area contributed by atoms with Crippen molar-refractivity contribution in [2.24, 2.45) is 5.92 Å². The molecule has 1 aliphatic rings. The van der Waals surface area contributed by atoms with E-state index in [1.165, 1.54) is 0 Å². The molecule has 0 radical (unpaired) electrons. The summed E-state index contributed by atoms with van der Waals surface area (Å²) in [5.74, 6) is 0.0306. The van der Waals surface area contributed by atoms with Gasteiger partial charge in [0, 0.05) is 40.3 Å². The molecule has 3 aromatic rings. The first-order valence-corrected chi connectivity index (χ1v) is 12.0. The number of rotatable bonds is 5. The summed E-state index contributed by atoms with van der Waals surface area (Å²) in [6.07, 6.45) is 3.29. The van der Waals surface area contributed by atoms with Crippen molar-refractivity contribution in [3.63, 3.8) is 0 Å². The SMILES string of the molecule is CC(C)(C)NC(=O)C1CCN(Cc2cccc(NC(=O)c3cnc4cc(Cl)ccc4c3)c2)CC1. The maximum Gasteiger partial charge on any atom is 0.257 e. The van der Waals surface area contributed by atoms with Gasteiger partial charge in [-0.3, -0.25) is 19.5 Å². The lowest BCUT2D eigenvalue weighted by Gasteiger charge is -2.33. The highest BCUT2D eigenvalue weighted by Crippen LogP contribution is 2.22. The first-order valence-electron chi connectivity index (χ1n) is 11.7. The number of likely N-dealkylation sites (tertiary alicyclic amines) is 1. The molecule has 2 heterocycles. The Labute approximate surface area is 205 Å². The summed E-state index contributed by atoms with van der Waals surface area (Å²) in [7, 11) is 0. The fraction of sp³-hybridized carbons (Fsp3) is 0.370. The number of piperidine rings is 1. The van der Waals surface area contributed by atoms with E-state index in [1.54, 1.807) is 18.3 Å².